The van der Waals surface area contributed by atoms with Gasteiger partial charge in [-0.15, -0.1) is 0 Å². The van der Waals surface area contributed by atoms with Crippen molar-refractivity contribution in [2.45, 2.75) is 18.9 Å². The molecule has 23 heavy (non-hydrogen) atoms. The van der Waals surface area contributed by atoms with Gasteiger partial charge in [0.1, 0.15) is 0 Å². The standard InChI is InChI=1S/C17H17ClN2O3/c18-13-5-3-12(4-6-13)16(21)19-14-7-9-20(10-8-14)17(22)15-2-1-11-23-15/h1-6,11,14H,7-10H2,(H,19,21). The molecule has 0 saturated carbocycles. The van der Waals surface area contributed by atoms with Crippen LogP contribution < -0.4 is 5.32 Å². The Morgan fingerprint density at radius 2 is 1.83 bits per heavy atom. The van der Waals surface area contributed by atoms with Crippen molar-refractivity contribution in [3.05, 3.63) is 59.0 Å². The van der Waals surface area contributed by atoms with Crippen LogP contribution in [0.4, 0.5) is 0 Å². The van der Waals surface area contributed by atoms with Gasteiger partial charge < -0.3 is 14.6 Å². The highest BCUT2D eigenvalue weighted by molar-refractivity contribution is 6.30. The van der Waals surface area contributed by atoms with Crippen molar-refractivity contribution in [2.24, 2.45) is 0 Å². The topological polar surface area (TPSA) is 62.6 Å². The van der Waals surface area contributed by atoms with Crippen LogP contribution in [-0.4, -0.2) is 35.8 Å². The molecule has 0 unspecified atom stereocenters. The van der Waals surface area contributed by atoms with Gasteiger partial charge in [0, 0.05) is 29.7 Å². The molecular weight excluding hydrogens is 316 g/mol. The van der Waals surface area contributed by atoms with Gasteiger partial charge in [-0.1, -0.05) is 11.6 Å². The molecule has 1 aliphatic rings. The van der Waals surface area contributed by atoms with E-state index in [1.54, 1.807) is 41.3 Å². The minimum Gasteiger partial charge on any atom is -0.459 e. The first-order chi connectivity index (χ1) is 11.1. The molecule has 0 aliphatic carbocycles. The highest BCUT2D eigenvalue weighted by atomic mass is 35.5. The Morgan fingerprint density at radius 1 is 1.13 bits per heavy atom. The van der Waals surface area contributed by atoms with Crippen LogP contribution in [0, 0.1) is 0 Å². The zero-order valence-electron chi connectivity index (χ0n) is 12.5. The van der Waals surface area contributed by atoms with Crippen LogP contribution >= 0.6 is 11.6 Å². The summed E-state index contributed by atoms with van der Waals surface area (Å²) in [6.07, 6.45) is 2.95. The number of furan rings is 1. The Balaban J connectivity index is 1.52. The molecule has 2 amide bonds. The van der Waals surface area contributed by atoms with E-state index in [9.17, 15) is 9.59 Å². The molecule has 0 atom stereocenters. The summed E-state index contributed by atoms with van der Waals surface area (Å²) in [7, 11) is 0. The van der Waals surface area contributed by atoms with E-state index in [2.05, 4.69) is 5.32 Å². The van der Waals surface area contributed by atoms with Gasteiger partial charge in [-0.25, -0.2) is 0 Å². The van der Waals surface area contributed by atoms with Crippen LogP contribution in [0.3, 0.4) is 0 Å². The third-order valence-electron chi connectivity index (χ3n) is 3.96. The number of hydrogen-bond acceptors (Lipinski definition) is 3. The van der Waals surface area contributed by atoms with Crippen molar-refractivity contribution in [2.75, 3.05) is 13.1 Å². The summed E-state index contributed by atoms with van der Waals surface area (Å²) in [6.45, 7) is 1.20. The van der Waals surface area contributed by atoms with E-state index in [0.717, 1.165) is 12.8 Å². The molecule has 1 aliphatic heterocycles. The number of likely N-dealkylation sites (tertiary alicyclic amines) is 1. The Bertz CT molecular complexity index is 674. The van der Waals surface area contributed by atoms with Crippen molar-refractivity contribution in [1.29, 1.82) is 0 Å². The molecule has 1 fully saturated rings. The van der Waals surface area contributed by atoms with Gasteiger partial charge in [-0.2, -0.15) is 0 Å². The predicted octanol–water partition coefficient (Wildman–Crippen LogP) is 2.97. The maximum Gasteiger partial charge on any atom is 0.289 e. The molecule has 2 heterocycles. The van der Waals surface area contributed by atoms with E-state index in [0.29, 0.717) is 29.4 Å². The maximum absolute atomic E-state index is 12.2. The summed E-state index contributed by atoms with van der Waals surface area (Å²) in [5.41, 5.74) is 0.587. The third kappa shape index (κ3) is 3.74. The lowest BCUT2D eigenvalue weighted by Gasteiger charge is -2.31. The molecule has 1 aromatic heterocycles. The van der Waals surface area contributed by atoms with E-state index in [4.69, 9.17) is 16.0 Å². The number of piperidine rings is 1. The molecule has 1 saturated heterocycles. The largest absolute Gasteiger partial charge is 0.459 e. The lowest BCUT2D eigenvalue weighted by Crippen LogP contribution is -2.46. The van der Waals surface area contributed by atoms with Gasteiger partial charge >= 0.3 is 0 Å². The first-order valence-electron chi connectivity index (χ1n) is 7.52. The SMILES string of the molecule is O=C(NC1CCN(C(=O)c2ccco2)CC1)c1ccc(Cl)cc1. The summed E-state index contributed by atoms with van der Waals surface area (Å²) in [5, 5.41) is 3.61. The van der Waals surface area contributed by atoms with Crippen molar-refractivity contribution in [3.63, 3.8) is 0 Å². The number of amides is 2. The minimum atomic E-state index is -0.113. The minimum absolute atomic E-state index is 0.0684. The Morgan fingerprint density at radius 3 is 2.43 bits per heavy atom. The lowest BCUT2D eigenvalue weighted by molar-refractivity contribution is 0.0667. The summed E-state index contributed by atoms with van der Waals surface area (Å²) in [6, 6.07) is 10.2. The average Bonchev–Trinajstić information content (AvgIpc) is 3.10. The van der Waals surface area contributed by atoms with Gasteiger partial charge in [-0.3, -0.25) is 9.59 Å². The highest BCUT2D eigenvalue weighted by Gasteiger charge is 2.25. The summed E-state index contributed by atoms with van der Waals surface area (Å²) in [5.74, 6) is 0.142. The lowest BCUT2D eigenvalue weighted by atomic mass is 10.0. The molecule has 5 nitrogen and oxygen atoms in total. The fraction of sp³-hybridized carbons (Fsp3) is 0.294. The van der Waals surface area contributed by atoms with Gasteiger partial charge in [-0.05, 0) is 49.2 Å². The number of nitrogens with one attached hydrogen (secondary N) is 1. The van der Waals surface area contributed by atoms with Gasteiger partial charge in [0.25, 0.3) is 11.8 Å². The Kier molecular flexibility index (Phi) is 4.67. The molecule has 0 bridgehead atoms. The molecular formula is C17H17ClN2O3. The number of nitrogens with zero attached hydrogens (tertiary/aromatic N) is 1. The van der Waals surface area contributed by atoms with Crippen molar-refractivity contribution in [1.82, 2.24) is 10.2 Å². The number of carbonyl (C=O) groups is 2. The van der Waals surface area contributed by atoms with Crippen LogP contribution in [0.5, 0.6) is 0 Å². The second-order valence-electron chi connectivity index (χ2n) is 5.52. The van der Waals surface area contributed by atoms with Crippen LogP contribution in [0.25, 0.3) is 0 Å². The molecule has 120 valence electrons. The smallest absolute Gasteiger partial charge is 0.289 e. The van der Waals surface area contributed by atoms with E-state index in [-0.39, 0.29) is 17.9 Å². The number of halogens is 1. The van der Waals surface area contributed by atoms with E-state index in [1.807, 2.05) is 0 Å². The van der Waals surface area contributed by atoms with Crippen LogP contribution in [0.15, 0.2) is 47.1 Å². The number of benzene rings is 1. The molecule has 2 aromatic rings. The zero-order valence-corrected chi connectivity index (χ0v) is 13.3. The molecule has 1 aromatic carbocycles. The summed E-state index contributed by atoms with van der Waals surface area (Å²) < 4.78 is 5.14. The van der Waals surface area contributed by atoms with Crippen molar-refractivity contribution in [3.8, 4) is 0 Å². The van der Waals surface area contributed by atoms with Gasteiger partial charge in [0.05, 0.1) is 6.26 Å². The second kappa shape index (κ2) is 6.87. The zero-order chi connectivity index (χ0) is 16.2. The maximum atomic E-state index is 12.2. The van der Waals surface area contributed by atoms with Crippen molar-refractivity contribution < 1.29 is 14.0 Å². The monoisotopic (exact) mass is 332 g/mol. The average molecular weight is 333 g/mol. The molecule has 0 radical (unpaired) electrons. The number of hydrogen-bond donors (Lipinski definition) is 1. The Hall–Kier alpha value is -2.27. The second-order valence-corrected chi connectivity index (χ2v) is 5.96. The third-order valence-corrected chi connectivity index (χ3v) is 4.21. The van der Waals surface area contributed by atoms with E-state index >= 15 is 0 Å². The molecule has 3 rings (SSSR count). The first kappa shape index (κ1) is 15.6. The van der Waals surface area contributed by atoms with Crippen LogP contribution in [0.2, 0.25) is 5.02 Å². The predicted molar refractivity (Wildman–Crippen MR) is 86.6 cm³/mol. The van der Waals surface area contributed by atoms with E-state index in [1.165, 1.54) is 6.26 Å². The van der Waals surface area contributed by atoms with Crippen molar-refractivity contribution >= 4 is 23.4 Å². The normalized spacial score (nSPS) is 15.4. The fourth-order valence-corrected chi connectivity index (χ4v) is 2.78. The molecule has 1 N–H and O–H groups in total. The number of carbonyl (C=O) groups excluding carboxylic acids is 2. The first-order valence-corrected chi connectivity index (χ1v) is 7.90. The highest BCUT2D eigenvalue weighted by Crippen LogP contribution is 2.15. The fourth-order valence-electron chi connectivity index (χ4n) is 2.65. The number of rotatable bonds is 3. The Labute approximate surface area is 139 Å². The quantitative estimate of drug-likeness (QED) is 0.940. The van der Waals surface area contributed by atoms with E-state index < -0.39 is 0 Å². The van der Waals surface area contributed by atoms with Gasteiger partial charge in [0.2, 0.25) is 0 Å². The molecule has 0 spiro atoms. The molecule has 6 heteroatoms. The van der Waals surface area contributed by atoms with Gasteiger partial charge in [0.15, 0.2) is 5.76 Å². The summed E-state index contributed by atoms with van der Waals surface area (Å²) >= 11 is 5.82. The van der Waals surface area contributed by atoms with Crippen LogP contribution in [0.1, 0.15) is 33.8 Å². The summed E-state index contributed by atoms with van der Waals surface area (Å²) in [4.78, 5) is 26.1. The van der Waals surface area contributed by atoms with Crippen LogP contribution in [-0.2, 0) is 0 Å².